The third kappa shape index (κ3) is 2.74. The summed E-state index contributed by atoms with van der Waals surface area (Å²) in [6.07, 6.45) is 0. The highest BCUT2D eigenvalue weighted by Gasteiger charge is 2.19. The van der Waals surface area contributed by atoms with Crippen LogP contribution in [0.4, 0.5) is 10.1 Å². The molecule has 1 atom stereocenters. The minimum Gasteiger partial charge on any atom is -0.363 e. The zero-order valence-electron chi connectivity index (χ0n) is 9.94. The van der Waals surface area contributed by atoms with Crippen LogP contribution in [0.1, 0.15) is 10.9 Å². The number of likely N-dealkylation sites (N-methyl/N-ethyl adjacent to an activating group) is 1. The Morgan fingerprint density at radius 2 is 2.17 bits per heavy atom. The Kier molecular flexibility index (Phi) is 4.37. The van der Waals surface area contributed by atoms with Gasteiger partial charge in [0, 0.05) is 28.3 Å². The lowest BCUT2D eigenvalue weighted by Crippen LogP contribution is -2.30. The molecule has 1 aromatic carbocycles. The average Bonchev–Trinajstić information content (AvgIpc) is 2.77. The molecule has 1 unspecified atom stereocenters. The van der Waals surface area contributed by atoms with Crippen molar-refractivity contribution in [2.45, 2.75) is 6.04 Å². The van der Waals surface area contributed by atoms with Gasteiger partial charge in [-0.2, -0.15) is 0 Å². The average molecular weight is 329 g/mol. The Bertz CT molecular complexity index is 529. The van der Waals surface area contributed by atoms with Crippen molar-refractivity contribution >= 4 is 33.0 Å². The molecule has 0 aliphatic heterocycles. The molecule has 2 nitrogen and oxygen atoms in total. The van der Waals surface area contributed by atoms with Crippen molar-refractivity contribution in [2.24, 2.45) is 5.73 Å². The largest absolute Gasteiger partial charge is 0.363 e. The summed E-state index contributed by atoms with van der Waals surface area (Å²) < 4.78 is 14.8. The number of thiophene rings is 1. The highest BCUT2D eigenvalue weighted by molar-refractivity contribution is 9.10. The zero-order valence-corrected chi connectivity index (χ0v) is 12.3. The number of anilines is 1. The fraction of sp³-hybridized carbons (Fsp3) is 0.231. The molecule has 0 saturated heterocycles. The van der Waals surface area contributed by atoms with Gasteiger partial charge in [-0.05, 0) is 34.1 Å². The van der Waals surface area contributed by atoms with E-state index in [1.54, 1.807) is 23.5 Å². The molecule has 2 aromatic rings. The van der Waals surface area contributed by atoms with Crippen molar-refractivity contribution < 1.29 is 4.39 Å². The molecule has 0 aliphatic rings. The second-order valence-electron chi connectivity index (χ2n) is 3.98. The van der Waals surface area contributed by atoms with Crippen molar-refractivity contribution in [3.8, 4) is 0 Å². The molecular formula is C13H14BrFN2S. The molecule has 1 aromatic heterocycles. The number of nitrogens with zero attached hydrogens (tertiary/aromatic N) is 1. The van der Waals surface area contributed by atoms with Crippen LogP contribution in [0.3, 0.4) is 0 Å². The second kappa shape index (κ2) is 5.82. The predicted molar refractivity (Wildman–Crippen MR) is 78.6 cm³/mol. The monoisotopic (exact) mass is 328 g/mol. The van der Waals surface area contributed by atoms with Gasteiger partial charge >= 0.3 is 0 Å². The lowest BCUT2D eigenvalue weighted by molar-refractivity contribution is 0.605. The Labute approximate surface area is 118 Å². The normalized spacial score (nSPS) is 12.4. The van der Waals surface area contributed by atoms with E-state index in [2.05, 4.69) is 15.9 Å². The first-order chi connectivity index (χ1) is 8.63. The highest BCUT2D eigenvalue weighted by atomic mass is 79.9. The van der Waals surface area contributed by atoms with E-state index in [1.807, 2.05) is 29.5 Å². The quantitative estimate of drug-likeness (QED) is 0.925. The van der Waals surface area contributed by atoms with Crippen molar-refractivity contribution in [3.63, 3.8) is 0 Å². The Balaban J connectivity index is 2.31. The topological polar surface area (TPSA) is 29.3 Å². The van der Waals surface area contributed by atoms with Crippen LogP contribution in [-0.2, 0) is 0 Å². The summed E-state index contributed by atoms with van der Waals surface area (Å²) in [5.41, 5.74) is 6.40. The summed E-state index contributed by atoms with van der Waals surface area (Å²) in [6.45, 7) is 0.442. The molecule has 2 rings (SSSR count). The van der Waals surface area contributed by atoms with Crippen molar-refractivity contribution in [1.29, 1.82) is 0 Å². The van der Waals surface area contributed by atoms with Gasteiger partial charge in [-0.1, -0.05) is 12.1 Å². The number of halogens is 2. The number of hydrogen-bond donors (Lipinski definition) is 1. The van der Waals surface area contributed by atoms with Gasteiger partial charge in [0.15, 0.2) is 0 Å². The number of para-hydroxylation sites is 1. The molecule has 0 aliphatic carbocycles. The smallest absolute Gasteiger partial charge is 0.146 e. The maximum Gasteiger partial charge on any atom is 0.146 e. The first-order valence-electron chi connectivity index (χ1n) is 5.55. The van der Waals surface area contributed by atoms with Crippen LogP contribution in [0, 0.1) is 5.82 Å². The first kappa shape index (κ1) is 13.5. The van der Waals surface area contributed by atoms with Crippen LogP contribution >= 0.6 is 27.3 Å². The van der Waals surface area contributed by atoms with E-state index >= 15 is 0 Å². The van der Waals surface area contributed by atoms with Crippen LogP contribution in [0.25, 0.3) is 0 Å². The van der Waals surface area contributed by atoms with Crippen molar-refractivity contribution in [3.05, 3.63) is 50.9 Å². The summed E-state index contributed by atoms with van der Waals surface area (Å²) in [7, 11) is 1.86. The lowest BCUT2D eigenvalue weighted by atomic mass is 10.2. The molecule has 0 spiro atoms. The maximum absolute atomic E-state index is 13.8. The van der Waals surface area contributed by atoms with Gasteiger partial charge in [-0.25, -0.2) is 4.39 Å². The molecule has 18 heavy (non-hydrogen) atoms. The third-order valence-corrected chi connectivity index (χ3v) is 4.63. The summed E-state index contributed by atoms with van der Waals surface area (Å²) in [5, 5.41) is 2.01. The van der Waals surface area contributed by atoms with Gasteiger partial charge in [-0.15, -0.1) is 11.3 Å². The van der Waals surface area contributed by atoms with Crippen molar-refractivity contribution in [1.82, 2.24) is 0 Å². The van der Waals surface area contributed by atoms with E-state index in [9.17, 15) is 4.39 Å². The SMILES string of the molecule is CN(c1ccccc1F)C(CN)c1cc(Br)cs1. The molecule has 0 saturated carbocycles. The molecule has 1 heterocycles. The fourth-order valence-corrected chi connectivity index (χ4v) is 3.48. The van der Waals surface area contributed by atoms with E-state index in [0.29, 0.717) is 12.2 Å². The van der Waals surface area contributed by atoms with E-state index in [1.165, 1.54) is 6.07 Å². The number of benzene rings is 1. The van der Waals surface area contributed by atoms with Gasteiger partial charge in [-0.3, -0.25) is 0 Å². The van der Waals surface area contributed by atoms with Crippen LogP contribution in [0.15, 0.2) is 40.2 Å². The Morgan fingerprint density at radius 3 is 2.72 bits per heavy atom. The molecule has 96 valence electrons. The van der Waals surface area contributed by atoms with E-state index in [4.69, 9.17) is 5.73 Å². The van der Waals surface area contributed by atoms with Gasteiger partial charge in [0.2, 0.25) is 0 Å². The second-order valence-corrected chi connectivity index (χ2v) is 5.84. The lowest BCUT2D eigenvalue weighted by Gasteiger charge is -2.28. The molecule has 0 radical (unpaired) electrons. The first-order valence-corrected chi connectivity index (χ1v) is 7.22. The van der Waals surface area contributed by atoms with Crippen LogP contribution in [-0.4, -0.2) is 13.6 Å². The van der Waals surface area contributed by atoms with E-state index < -0.39 is 0 Å². The van der Waals surface area contributed by atoms with Gasteiger partial charge in [0.1, 0.15) is 5.82 Å². The molecule has 0 fully saturated rings. The van der Waals surface area contributed by atoms with E-state index in [-0.39, 0.29) is 11.9 Å². The van der Waals surface area contributed by atoms with Gasteiger partial charge < -0.3 is 10.6 Å². The number of nitrogens with two attached hydrogens (primary N) is 1. The Morgan fingerprint density at radius 1 is 1.44 bits per heavy atom. The number of rotatable bonds is 4. The molecule has 0 bridgehead atoms. The zero-order chi connectivity index (χ0) is 13.1. The van der Waals surface area contributed by atoms with Crippen LogP contribution < -0.4 is 10.6 Å². The van der Waals surface area contributed by atoms with Gasteiger partial charge in [0.25, 0.3) is 0 Å². The van der Waals surface area contributed by atoms with Crippen LogP contribution in [0.5, 0.6) is 0 Å². The third-order valence-electron chi connectivity index (χ3n) is 2.84. The van der Waals surface area contributed by atoms with Crippen molar-refractivity contribution in [2.75, 3.05) is 18.5 Å². The minimum absolute atomic E-state index is 0.0156. The predicted octanol–water partition coefficient (Wildman–Crippen LogP) is 3.79. The maximum atomic E-state index is 13.8. The fourth-order valence-electron chi connectivity index (χ4n) is 1.87. The van der Waals surface area contributed by atoms with E-state index in [0.717, 1.165) is 9.35 Å². The summed E-state index contributed by atoms with van der Waals surface area (Å²) in [5.74, 6) is -0.228. The molecule has 2 N–H and O–H groups in total. The molecule has 0 amide bonds. The highest BCUT2D eigenvalue weighted by Crippen LogP contribution is 2.32. The van der Waals surface area contributed by atoms with Gasteiger partial charge in [0.05, 0.1) is 11.7 Å². The van der Waals surface area contributed by atoms with Crippen LogP contribution in [0.2, 0.25) is 0 Å². The summed E-state index contributed by atoms with van der Waals surface area (Å²) in [4.78, 5) is 3.00. The summed E-state index contributed by atoms with van der Waals surface area (Å²) in [6, 6.07) is 8.75. The molecule has 5 heteroatoms. The minimum atomic E-state index is -0.228. The number of hydrogen-bond acceptors (Lipinski definition) is 3. The standard InChI is InChI=1S/C13H14BrFN2S/c1-17(11-5-3-2-4-10(11)15)12(7-16)13-6-9(14)8-18-13/h2-6,8,12H,7,16H2,1H3. The Hall–Kier alpha value is -0.910. The molecular weight excluding hydrogens is 315 g/mol. The summed E-state index contributed by atoms with van der Waals surface area (Å²) >= 11 is 5.05.